The highest BCUT2D eigenvalue weighted by molar-refractivity contribution is 6.33. The van der Waals surface area contributed by atoms with E-state index in [2.05, 4.69) is 14.5 Å². The first-order chi connectivity index (χ1) is 12.6. The zero-order valence-corrected chi connectivity index (χ0v) is 16.0. The van der Waals surface area contributed by atoms with Crippen LogP contribution in [0.15, 0.2) is 30.6 Å². The Bertz CT molecular complexity index is 797. The Kier molecular flexibility index (Phi) is 4.90. The van der Waals surface area contributed by atoms with E-state index in [1.165, 1.54) is 12.8 Å². The van der Waals surface area contributed by atoms with Gasteiger partial charge < -0.3 is 14.4 Å². The summed E-state index contributed by atoms with van der Waals surface area (Å²) >= 11 is 6.50. The summed E-state index contributed by atoms with van der Waals surface area (Å²) in [7, 11) is 2.01. The predicted molar refractivity (Wildman–Crippen MR) is 104 cm³/mol. The first-order valence-corrected chi connectivity index (χ1v) is 9.82. The van der Waals surface area contributed by atoms with Crippen LogP contribution in [0.3, 0.4) is 0 Å². The number of anilines is 1. The molecule has 1 amide bonds. The van der Waals surface area contributed by atoms with E-state index in [0.717, 1.165) is 50.5 Å². The molecule has 138 valence electrons. The van der Waals surface area contributed by atoms with Gasteiger partial charge in [-0.05, 0) is 43.9 Å². The number of rotatable bonds is 3. The van der Waals surface area contributed by atoms with Gasteiger partial charge in [-0.3, -0.25) is 4.79 Å². The molecule has 0 spiro atoms. The summed E-state index contributed by atoms with van der Waals surface area (Å²) in [5, 5.41) is 0.676. The number of imidazole rings is 1. The van der Waals surface area contributed by atoms with Gasteiger partial charge in [0.1, 0.15) is 5.82 Å². The first kappa shape index (κ1) is 17.4. The van der Waals surface area contributed by atoms with Gasteiger partial charge in [0.2, 0.25) is 0 Å². The summed E-state index contributed by atoms with van der Waals surface area (Å²) in [6.45, 7) is 3.61. The topological polar surface area (TPSA) is 41.4 Å². The molecule has 2 saturated heterocycles. The average Bonchev–Trinajstić information content (AvgIpc) is 3.33. The number of aryl methyl sites for hydroxylation is 1. The van der Waals surface area contributed by atoms with Crippen molar-refractivity contribution < 1.29 is 4.79 Å². The van der Waals surface area contributed by atoms with Gasteiger partial charge in [-0.1, -0.05) is 11.6 Å². The molecule has 2 fully saturated rings. The fraction of sp³-hybridized carbons (Fsp3) is 0.500. The van der Waals surface area contributed by atoms with Crippen LogP contribution in [-0.4, -0.2) is 46.5 Å². The molecule has 2 aliphatic heterocycles. The van der Waals surface area contributed by atoms with Gasteiger partial charge in [-0.2, -0.15) is 0 Å². The van der Waals surface area contributed by atoms with Gasteiger partial charge in [0.05, 0.1) is 10.7 Å². The molecular weight excluding hydrogens is 348 g/mol. The van der Waals surface area contributed by atoms with Crippen molar-refractivity contribution in [2.75, 3.05) is 31.1 Å². The molecule has 0 saturated carbocycles. The van der Waals surface area contributed by atoms with Crippen molar-refractivity contribution in [3.8, 4) is 0 Å². The lowest BCUT2D eigenvalue weighted by molar-refractivity contribution is 0.0703. The quantitative estimate of drug-likeness (QED) is 0.825. The van der Waals surface area contributed by atoms with Crippen LogP contribution < -0.4 is 4.90 Å². The fourth-order valence-corrected chi connectivity index (χ4v) is 4.48. The molecule has 0 N–H and O–H groups in total. The maximum absolute atomic E-state index is 13.0. The third-order valence-corrected chi connectivity index (χ3v) is 5.88. The lowest BCUT2D eigenvalue weighted by atomic mass is 9.96. The third kappa shape index (κ3) is 3.32. The molecule has 4 rings (SSSR count). The van der Waals surface area contributed by atoms with E-state index >= 15 is 0 Å². The summed E-state index contributed by atoms with van der Waals surface area (Å²) in [4.78, 5) is 21.7. The molecular formula is C20H25ClN4O. The van der Waals surface area contributed by atoms with Gasteiger partial charge in [0, 0.05) is 57.1 Å². The van der Waals surface area contributed by atoms with E-state index in [-0.39, 0.29) is 5.91 Å². The third-order valence-electron chi connectivity index (χ3n) is 5.57. The molecule has 0 aliphatic carbocycles. The van der Waals surface area contributed by atoms with Gasteiger partial charge in [0.15, 0.2) is 0 Å². The van der Waals surface area contributed by atoms with Crippen LogP contribution in [0.1, 0.15) is 47.8 Å². The van der Waals surface area contributed by atoms with Crippen LogP contribution in [0, 0.1) is 0 Å². The number of likely N-dealkylation sites (tertiary alicyclic amines) is 1. The van der Waals surface area contributed by atoms with Crippen molar-refractivity contribution in [3.05, 3.63) is 47.0 Å². The largest absolute Gasteiger partial charge is 0.370 e. The maximum atomic E-state index is 13.0. The van der Waals surface area contributed by atoms with Gasteiger partial charge in [-0.25, -0.2) is 4.98 Å². The molecule has 1 aromatic carbocycles. The smallest absolute Gasteiger partial charge is 0.253 e. The molecule has 2 aliphatic rings. The first-order valence-electron chi connectivity index (χ1n) is 9.44. The minimum atomic E-state index is 0.0683. The Hall–Kier alpha value is -2.01. The Morgan fingerprint density at radius 3 is 2.69 bits per heavy atom. The van der Waals surface area contributed by atoms with Crippen LogP contribution in [0.4, 0.5) is 5.69 Å². The van der Waals surface area contributed by atoms with Gasteiger partial charge >= 0.3 is 0 Å². The van der Waals surface area contributed by atoms with Crippen LogP contribution in [0.25, 0.3) is 0 Å². The fourth-order valence-electron chi connectivity index (χ4n) is 4.18. The highest BCUT2D eigenvalue weighted by Gasteiger charge is 2.28. The van der Waals surface area contributed by atoms with Crippen LogP contribution >= 0.6 is 11.6 Å². The van der Waals surface area contributed by atoms with E-state index in [9.17, 15) is 4.79 Å². The van der Waals surface area contributed by atoms with E-state index in [0.29, 0.717) is 16.5 Å². The number of carbonyl (C=O) groups excluding carboxylic acids is 1. The van der Waals surface area contributed by atoms with E-state index in [1.54, 1.807) is 0 Å². The average molecular weight is 373 g/mol. The van der Waals surface area contributed by atoms with Crippen molar-refractivity contribution in [2.24, 2.45) is 7.05 Å². The summed E-state index contributed by atoms with van der Waals surface area (Å²) in [5.41, 5.74) is 1.73. The van der Waals surface area contributed by atoms with Crippen LogP contribution in [0.5, 0.6) is 0 Å². The van der Waals surface area contributed by atoms with Crippen LogP contribution in [-0.2, 0) is 7.05 Å². The second kappa shape index (κ2) is 7.31. The zero-order chi connectivity index (χ0) is 18.1. The molecule has 6 heteroatoms. The second-order valence-corrected chi connectivity index (χ2v) is 7.75. The Morgan fingerprint density at radius 2 is 2.00 bits per heavy atom. The standard InChI is InChI=1S/C20H25ClN4O/c1-23-12-8-22-19(23)16-5-4-11-25(14-16)20(26)15-6-7-18(17(21)13-15)24-9-2-3-10-24/h6-8,12-13,16H,2-5,9-11,14H2,1H3. The normalized spacial score (nSPS) is 20.6. The molecule has 5 nitrogen and oxygen atoms in total. The highest BCUT2D eigenvalue weighted by Crippen LogP contribution is 2.31. The van der Waals surface area contributed by atoms with Crippen LogP contribution in [0.2, 0.25) is 5.02 Å². The lowest BCUT2D eigenvalue weighted by Crippen LogP contribution is -2.39. The number of aromatic nitrogens is 2. The summed E-state index contributed by atoms with van der Waals surface area (Å²) in [6.07, 6.45) is 8.28. The predicted octanol–water partition coefficient (Wildman–Crippen LogP) is 3.69. The second-order valence-electron chi connectivity index (χ2n) is 7.35. The number of nitrogens with zero attached hydrogens (tertiary/aromatic N) is 4. The summed E-state index contributed by atoms with van der Waals surface area (Å²) < 4.78 is 2.06. The lowest BCUT2D eigenvalue weighted by Gasteiger charge is -2.32. The molecule has 1 aromatic heterocycles. The summed E-state index contributed by atoms with van der Waals surface area (Å²) in [5.74, 6) is 1.43. The van der Waals surface area contributed by atoms with Gasteiger partial charge in [-0.15, -0.1) is 0 Å². The number of hydrogen-bond acceptors (Lipinski definition) is 3. The monoisotopic (exact) mass is 372 g/mol. The van der Waals surface area contributed by atoms with Crippen molar-refractivity contribution in [2.45, 2.75) is 31.6 Å². The zero-order valence-electron chi connectivity index (χ0n) is 15.2. The Labute approximate surface area is 159 Å². The Balaban J connectivity index is 1.50. The number of benzene rings is 1. The van der Waals surface area contributed by atoms with Crippen molar-refractivity contribution >= 4 is 23.2 Å². The molecule has 1 atom stereocenters. The minimum absolute atomic E-state index is 0.0683. The molecule has 26 heavy (non-hydrogen) atoms. The number of amides is 1. The van der Waals surface area contributed by atoms with E-state index < -0.39 is 0 Å². The summed E-state index contributed by atoms with van der Waals surface area (Å²) in [6, 6.07) is 5.76. The SMILES string of the molecule is Cn1ccnc1C1CCCN(C(=O)c2ccc(N3CCCC3)c(Cl)c2)C1. The highest BCUT2D eigenvalue weighted by atomic mass is 35.5. The molecule has 2 aromatic rings. The molecule has 0 bridgehead atoms. The minimum Gasteiger partial charge on any atom is -0.370 e. The molecule has 1 unspecified atom stereocenters. The Morgan fingerprint density at radius 1 is 1.19 bits per heavy atom. The van der Waals surface area contributed by atoms with Gasteiger partial charge in [0.25, 0.3) is 5.91 Å². The molecule has 0 radical (unpaired) electrons. The number of hydrogen-bond donors (Lipinski definition) is 0. The number of halogens is 1. The van der Waals surface area contributed by atoms with E-state index in [4.69, 9.17) is 11.6 Å². The van der Waals surface area contributed by atoms with Crippen molar-refractivity contribution in [1.82, 2.24) is 14.5 Å². The van der Waals surface area contributed by atoms with E-state index in [1.807, 2.05) is 42.5 Å². The molecule has 3 heterocycles. The number of piperidine rings is 1. The van der Waals surface area contributed by atoms with Crippen molar-refractivity contribution in [1.29, 1.82) is 0 Å². The van der Waals surface area contributed by atoms with Crippen molar-refractivity contribution in [3.63, 3.8) is 0 Å². The maximum Gasteiger partial charge on any atom is 0.253 e. The number of carbonyl (C=O) groups is 1.